The molecule has 36 heavy (non-hydrogen) atoms. The van der Waals surface area contributed by atoms with E-state index in [1.165, 1.54) is 30.4 Å². The van der Waals surface area contributed by atoms with Gasteiger partial charge in [0.2, 0.25) is 12.3 Å². The molecule has 2 aromatic rings. The van der Waals surface area contributed by atoms with Crippen molar-refractivity contribution in [1.29, 1.82) is 0 Å². The molecule has 2 aromatic carbocycles. The minimum absolute atomic E-state index is 0.0464. The number of methoxy groups -OCH3 is 1. The molecule has 0 saturated heterocycles. The number of amides is 2. The van der Waals surface area contributed by atoms with E-state index in [1.54, 1.807) is 11.9 Å². The van der Waals surface area contributed by atoms with Gasteiger partial charge in [0.15, 0.2) is 0 Å². The fourth-order valence-corrected chi connectivity index (χ4v) is 4.41. The molecular weight excluding hydrogens is 485 g/mol. The van der Waals surface area contributed by atoms with Gasteiger partial charge in [-0.1, -0.05) is 29.8 Å². The molecule has 0 spiro atoms. The molecule has 7 nitrogen and oxygen atoms in total. The number of hydrogen-bond donors (Lipinski definition) is 2. The Morgan fingerprint density at radius 2 is 2.14 bits per heavy atom. The van der Waals surface area contributed by atoms with Crippen LogP contribution in [0.1, 0.15) is 42.6 Å². The van der Waals surface area contributed by atoms with Gasteiger partial charge >= 0.3 is 0 Å². The number of halogens is 2. The second-order valence-corrected chi connectivity index (χ2v) is 9.06. The van der Waals surface area contributed by atoms with Crippen LogP contribution in [0.15, 0.2) is 42.1 Å². The maximum Gasteiger partial charge on any atom is 0.241 e. The van der Waals surface area contributed by atoms with E-state index in [-0.39, 0.29) is 23.0 Å². The highest BCUT2D eigenvalue weighted by atomic mass is 35.5. The van der Waals surface area contributed by atoms with Gasteiger partial charge in [0.1, 0.15) is 11.6 Å². The van der Waals surface area contributed by atoms with Gasteiger partial charge in [-0.3, -0.25) is 9.59 Å². The second kappa shape index (κ2) is 13.3. The summed E-state index contributed by atoms with van der Waals surface area (Å²) >= 11 is 5.94. The van der Waals surface area contributed by atoms with Crippen molar-refractivity contribution < 1.29 is 23.5 Å². The zero-order chi connectivity index (χ0) is 26.1. The summed E-state index contributed by atoms with van der Waals surface area (Å²) in [6.45, 7) is 3.31. The molecule has 194 valence electrons. The van der Waals surface area contributed by atoms with Gasteiger partial charge in [0, 0.05) is 50.5 Å². The molecule has 0 fully saturated rings. The molecule has 2 amide bonds. The standard InChI is InChI=1S/C27H33ClFN3O4/c1-4-20(15-18-7-10-23-19(14-18)11-13-36-23)30-16-25(34)32(2)12-5-6-24(35-3)26-22(31-17-33)9-8-21(28)27(26)29/h4,7-10,14,17,24,30H,5-6,11-13,15-16H2,1-3H3,(H,31,33)/b20-4-. The number of hydrogen-bond acceptors (Lipinski definition) is 5. The number of nitrogens with zero attached hydrogens (tertiary/aromatic N) is 1. The van der Waals surface area contributed by atoms with Crippen molar-refractivity contribution in [2.45, 2.75) is 38.7 Å². The maximum atomic E-state index is 14.7. The summed E-state index contributed by atoms with van der Waals surface area (Å²) < 4.78 is 25.8. The molecule has 1 unspecified atom stereocenters. The van der Waals surface area contributed by atoms with Gasteiger partial charge in [-0.2, -0.15) is 0 Å². The molecule has 1 aliphatic heterocycles. The summed E-state index contributed by atoms with van der Waals surface area (Å²) in [6, 6.07) is 9.14. The minimum Gasteiger partial charge on any atom is -0.493 e. The first-order valence-electron chi connectivity index (χ1n) is 12.0. The maximum absolute atomic E-state index is 14.7. The van der Waals surface area contributed by atoms with Crippen molar-refractivity contribution in [3.63, 3.8) is 0 Å². The lowest BCUT2D eigenvalue weighted by Gasteiger charge is -2.22. The van der Waals surface area contributed by atoms with Crippen LogP contribution in [-0.2, 0) is 27.2 Å². The number of anilines is 1. The Labute approximate surface area is 216 Å². The molecule has 9 heteroatoms. The van der Waals surface area contributed by atoms with Gasteiger partial charge in [-0.15, -0.1) is 0 Å². The SMILES string of the molecule is C/C=C(/Cc1ccc2c(c1)CCO2)NCC(=O)N(C)CCCC(OC)c1c(NC=O)ccc(Cl)c1F. The number of carbonyl (C=O) groups excluding carboxylic acids is 2. The molecule has 0 aromatic heterocycles. The van der Waals surface area contributed by atoms with E-state index in [2.05, 4.69) is 16.7 Å². The Morgan fingerprint density at radius 3 is 2.86 bits per heavy atom. The van der Waals surface area contributed by atoms with E-state index in [4.69, 9.17) is 21.1 Å². The number of rotatable bonds is 13. The lowest BCUT2D eigenvalue weighted by molar-refractivity contribution is -0.129. The number of likely N-dealkylation sites (N-methyl/N-ethyl adjacent to an activating group) is 1. The van der Waals surface area contributed by atoms with E-state index in [9.17, 15) is 14.0 Å². The first kappa shape index (κ1) is 27.5. The summed E-state index contributed by atoms with van der Waals surface area (Å²) in [5.41, 5.74) is 3.87. The molecule has 3 rings (SSSR count). The van der Waals surface area contributed by atoms with Crippen LogP contribution in [0.5, 0.6) is 5.75 Å². The Hall–Kier alpha value is -3.10. The van der Waals surface area contributed by atoms with Crippen LogP contribution in [-0.4, -0.2) is 51.1 Å². The van der Waals surface area contributed by atoms with Gasteiger partial charge < -0.3 is 25.0 Å². The van der Waals surface area contributed by atoms with Gasteiger partial charge in [-0.25, -0.2) is 4.39 Å². The zero-order valence-corrected chi connectivity index (χ0v) is 21.7. The normalized spacial score (nSPS) is 13.5. The molecule has 1 atom stereocenters. The van der Waals surface area contributed by atoms with Crippen molar-refractivity contribution in [1.82, 2.24) is 10.2 Å². The average Bonchev–Trinajstić information content (AvgIpc) is 3.35. The Bertz CT molecular complexity index is 1110. The summed E-state index contributed by atoms with van der Waals surface area (Å²) in [5, 5.41) is 5.69. The zero-order valence-electron chi connectivity index (χ0n) is 20.9. The number of allylic oxidation sites excluding steroid dienone is 2. The first-order chi connectivity index (χ1) is 17.4. The quantitative estimate of drug-likeness (QED) is 0.378. The molecular formula is C27H33ClFN3O4. The molecule has 0 saturated carbocycles. The molecule has 0 radical (unpaired) electrons. The number of carbonyl (C=O) groups is 2. The molecule has 1 aliphatic rings. The van der Waals surface area contributed by atoms with Crippen LogP contribution < -0.4 is 15.4 Å². The molecule has 0 bridgehead atoms. The van der Waals surface area contributed by atoms with Crippen molar-refractivity contribution in [3.8, 4) is 5.75 Å². The van der Waals surface area contributed by atoms with Gasteiger partial charge in [0.05, 0.1) is 24.3 Å². The van der Waals surface area contributed by atoms with Crippen LogP contribution in [0.3, 0.4) is 0 Å². The van der Waals surface area contributed by atoms with Gasteiger partial charge in [0.25, 0.3) is 0 Å². The highest BCUT2D eigenvalue weighted by molar-refractivity contribution is 6.30. The smallest absolute Gasteiger partial charge is 0.241 e. The van der Waals surface area contributed by atoms with Crippen LogP contribution in [0.2, 0.25) is 5.02 Å². The van der Waals surface area contributed by atoms with Crippen LogP contribution >= 0.6 is 11.6 Å². The van der Waals surface area contributed by atoms with Crippen LogP contribution in [0.4, 0.5) is 10.1 Å². The summed E-state index contributed by atoms with van der Waals surface area (Å²) in [7, 11) is 3.21. The predicted octanol–water partition coefficient (Wildman–Crippen LogP) is 4.64. The number of fused-ring (bicyclic) bond motifs is 1. The molecule has 0 aliphatic carbocycles. The van der Waals surface area contributed by atoms with Crippen molar-refractivity contribution >= 4 is 29.6 Å². The molecule has 2 N–H and O–H groups in total. The third-order valence-electron chi connectivity index (χ3n) is 6.30. The Morgan fingerprint density at radius 1 is 1.33 bits per heavy atom. The third-order valence-corrected chi connectivity index (χ3v) is 6.59. The highest BCUT2D eigenvalue weighted by Crippen LogP contribution is 2.34. The number of ether oxygens (including phenoxy) is 2. The van der Waals surface area contributed by atoms with E-state index < -0.39 is 11.9 Å². The molecule has 1 heterocycles. The number of nitrogens with one attached hydrogen (secondary N) is 2. The Kier molecular flexibility index (Phi) is 10.1. The average molecular weight is 518 g/mol. The van der Waals surface area contributed by atoms with E-state index in [0.29, 0.717) is 37.9 Å². The lowest BCUT2D eigenvalue weighted by atomic mass is 10.0. The largest absolute Gasteiger partial charge is 0.493 e. The van der Waals surface area contributed by atoms with E-state index in [1.807, 2.05) is 25.1 Å². The van der Waals surface area contributed by atoms with E-state index >= 15 is 0 Å². The fourth-order valence-electron chi connectivity index (χ4n) is 4.25. The predicted molar refractivity (Wildman–Crippen MR) is 139 cm³/mol. The summed E-state index contributed by atoms with van der Waals surface area (Å²) in [4.78, 5) is 25.2. The van der Waals surface area contributed by atoms with E-state index in [0.717, 1.165) is 24.5 Å². The fraction of sp³-hybridized carbons (Fsp3) is 0.407. The van der Waals surface area contributed by atoms with Crippen molar-refractivity contribution in [2.24, 2.45) is 0 Å². The van der Waals surface area contributed by atoms with Crippen molar-refractivity contribution in [2.75, 3.05) is 39.2 Å². The summed E-state index contributed by atoms with van der Waals surface area (Å²) in [6.07, 6.45) is 4.48. The lowest BCUT2D eigenvalue weighted by Crippen LogP contribution is -2.36. The monoisotopic (exact) mass is 517 g/mol. The van der Waals surface area contributed by atoms with Crippen molar-refractivity contribution in [3.05, 3.63) is 69.6 Å². The first-order valence-corrected chi connectivity index (χ1v) is 12.3. The van der Waals surface area contributed by atoms with Gasteiger partial charge in [-0.05, 0) is 49.1 Å². The minimum atomic E-state index is -0.626. The third kappa shape index (κ3) is 6.98. The second-order valence-electron chi connectivity index (χ2n) is 8.65. The highest BCUT2D eigenvalue weighted by Gasteiger charge is 2.22. The summed E-state index contributed by atoms with van der Waals surface area (Å²) in [5.74, 6) is 0.275. The number of benzene rings is 2. The van der Waals surface area contributed by atoms with Crippen LogP contribution in [0.25, 0.3) is 0 Å². The Balaban J connectivity index is 1.49. The topological polar surface area (TPSA) is 79.9 Å². The van der Waals surface area contributed by atoms with Crippen LogP contribution in [0, 0.1) is 5.82 Å².